The van der Waals surface area contributed by atoms with Crippen LogP contribution in [0.25, 0.3) is 6.08 Å². The molecule has 0 spiro atoms. The zero-order valence-corrected chi connectivity index (χ0v) is 17.2. The molecule has 1 aliphatic rings. The van der Waals surface area contributed by atoms with Crippen molar-refractivity contribution in [1.29, 1.82) is 0 Å². The van der Waals surface area contributed by atoms with E-state index in [0.29, 0.717) is 24.7 Å². The first-order chi connectivity index (χ1) is 13.3. The van der Waals surface area contributed by atoms with E-state index in [0.717, 1.165) is 31.1 Å². The van der Waals surface area contributed by atoms with Crippen LogP contribution in [0.1, 0.15) is 24.8 Å². The van der Waals surface area contributed by atoms with Gasteiger partial charge in [0, 0.05) is 25.2 Å². The molecule has 2 rings (SSSR count). The van der Waals surface area contributed by atoms with E-state index in [-0.39, 0.29) is 18.5 Å². The second kappa shape index (κ2) is 10.3. The molecule has 0 aliphatic carbocycles. The lowest BCUT2D eigenvalue weighted by atomic mass is 10.0. The van der Waals surface area contributed by atoms with Crippen LogP contribution in [0, 0.1) is 0 Å². The molecule has 0 radical (unpaired) electrons. The summed E-state index contributed by atoms with van der Waals surface area (Å²) in [6, 6.07) is 5.28. The van der Waals surface area contributed by atoms with E-state index in [9.17, 15) is 13.2 Å². The maximum Gasteiger partial charge on any atom is 0.246 e. The van der Waals surface area contributed by atoms with Gasteiger partial charge in [-0.05, 0) is 43.0 Å². The Balaban J connectivity index is 2.07. The van der Waals surface area contributed by atoms with Gasteiger partial charge in [-0.1, -0.05) is 18.7 Å². The van der Waals surface area contributed by atoms with Crippen LogP contribution in [-0.4, -0.2) is 58.3 Å². The summed E-state index contributed by atoms with van der Waals surface area (Å²) in [5, 5.41) is 0. The van der Waals surface area contributed by atoms with Gasteiger partial charge in [0.1, 0.15) is 6.61 Å². The molecule has 28 heavy (non-hydrogen) atoms. The summed E-state index contributed by atoms with van der Waals surface area (Å²) in [5.41, 5.74) is 0.805. The quantitative estimate of drug-likeness (QED) is 0.500. The molecule has 8 heteroatoms. The Hall–Kier alpha value is -2.32. The molecule has 1 N–H and O–H groups in total. The summed E-state index contributed by atoms with van der Waals surface area (Å²) in [6.07, 6.45) is 8.68. The maximum atomic E-state index is 12.7. The molecule has 1 fully saturated rings. The summed E-state index contributed by atoms with van der Waals surface area (Å²) >= 11 is 0. The number of sulfonamides is 1. The highest BCUT2D eigenvalue weighted by atomic mass is 32.2. The number of carbonyl (C=O) groups is 1. The third-order valence-electron chi connectivity index (χ3n) is 4.45. The third kappa shape index (κ3) is 6.69. The normalized spacial score (nSPS) is 17.5. The van der Waals surface area contributed by atoms with Crippen molar-refractivity contribution in [2.75, 3.05) is 33.1 Å². The Kier molecular flexibility index (Phi) is 8.07. The zero-order chi connectivity index (χ0) is 20.6. The minimum atomic E-state index is -3.28. The van der Waals surface area contributed by atoms with Gasteiger partial charge in [-0.3, -0.25) is 4.79 Å². The number of piperidine rings is 1. The summed E-state index contributed by atoms with van der Waals surface area (Å²) < 4.78 is 36.1. The molecule has 1 saturated heterocycles. The van der Waals surface area contributed by atoms with Crippen LogP contribution in [0.3, 0.4) is 0 Å². The lowest BCUT2D eigenvalue weighted by molar-refractivity contribution is -0.129. The van der Waals surface area contributed by atoms with Gasteiger partial charge in [-0.15, -0.1) is 0 Å². The van der Waals surface area contributed by atoms with Crippen molar-refractivity contribution in [2.24, 2.45) is 0 Å². The lowest BCUT2D eigenvalue weighted by Gasteiger charge is -2.35. The number of ether oxygens (including phenoxy) is 2. The largest absolute Gasteiger partial charge is 0.493 e. The number of nitrogens with zero attached hydrogens (tertiary/aromatic N) is 1. The maximum absolute atomic E-state index is 12.7. The molecule has 1 unspecified atom stereocenters. The Bertz CT molecular complexity index is 820. The fraction of sp³-hybridized carbons (Fsp3) is 0.450. The van der Waals surface area contributed by atoms with Gasteiger partial charge in [0.25, 0.3) is 0 Å². The number of likely N-dealkylation sites (tertiary alicyclic amines) is 1. The predicted octanol–water partition coefficient (Wildman–Crippen LogP) is 2.20. The molecular formula is C20H28N2O5S. The van der Waals surface area contributed by atoms with E-state index in [1.165, 1.54) is 6.08 Å². The molecule has 0 bridgehead atoms. The van der Waals surface area contributed by atoms with Gasteiger partial charge < -0.3 is 14.4 Å². The minimum absolute atomic E-state index is 0.133. The lowest BCUT2D eigenvalue weighted by Crippen LogP contribution is -2.48. The van der Waals surface area contributed by atoms with E-state index >= 15 is 0 Å². The first-order valence-electron chi connectivity index (χ1n) is 9.19. The van der Waals surface area contributed by atoms with Crippen molar-refractivity contribution in [3.63, 3.8) is 0 Å². The number of nitrogens with one attached hydrogen (secondary N) is 1. The van der Waals surface area contributed by atoms with Crippen LogP contribution < -0.4 is 14.2 Å². The molecule has 1 heterocycles. The van der Waals surface area contributed by atoms with Gasteiger partial charge in [0.15, 0.2) is 11.5 Å². The van der Waals surface area contributed by atoms with E-state index in [1.54, 1.807) is 36.3 Å². The second-order valence-electron chi connectivity index (χ2n) is 6.65. The van der Waals surface area contributed by atoms with Crippen LogP contribution in [0.2, 0.25) is 0 Å². The van der Waals surface area contributed by atoms with Crippen molar-refractivity contribution < 1.29 is 22.7 Å². The Labute approximate surface area is 167 Å². The second-order valence-corrected chi connectivity index (χ2v) is 8.48. The molecule has 7 nitrogen and oxygen atoms in total. The molecule has 1 aromatic rings. The average molecular weight is 409 g/mol. The number of carbonyl (C=O) groups excluding carboxylic acids is 1. The predicted molar refractivity (Wildman–Crippen MR) is 110 cm³/mol. The van der Waals surface area contributed by atoms with Crippen molar-refractivity contribution in [1.82, 2.24) is 9.62 Å². The molecular weight excluding hydrogens is 380 g/mol. The number of amides is 1. The molecule has 154 valence electrons. The van der Waals surface area contributed by atoms with Crippen LogP contribution in [-0.2, 0) is 14.8 Å². The summed E-state index contributed by atoms with van der Waals surface area (Å²) in [4.78, 5) is 14.4. The number of rotatable bonds is 9. The van der Waals surface area contributed by atoms with Crippen LogP contribution in [0.4, 0.5) is 0 Å². The molecule has 1 atom stereocenters. The monoisotopic (exact) mass is 408 g/mol. The molecule has 0 aromatic heterocycles. The van der Waals surface area contributed by atoms with Gasteiger partial charge in [0.05, 0.1) is 13.4 Å². The van der Waals surface area contributed by atoms with Crippen molar-refractivity contribution >= 4 is 22.0 Å². The smallest absolute Gasteiger partial charge is 0.246 e. The van der Waals surface area contributed by atoms with Gasteiger partial charge in [-0.2, -0.15) is 0 Å². The molecule has 0 saturated carbocycles. The summed E-state index contributed by atoms with van der Waals surface area (Å²) in [6.45, 7) is 4.85. The van der Waals surface area contributed by atoms with E-state index in [1.807, 2.05) is 6.07 Å². The van der Waals surface area contributed by atoms with Crippen molar-refractivity contribution in [3.8, 4) is 11.5 Å². The minimum Gasteiger partial charge on any atom is -0.493 e. The van der Waals surface area contributed by atoms with E-state index < -0.39 is 10.0 Å². The van der Waals surface area contributed by atoms with Crippen molar-refractivity contribution in [2.45, 2.75) is 25.3 Å². The fourth-order valence-electron chi connectivity index (χ4n) is 3.07. The third-order valence-corrected chi connectivity index (χ3v) is 5.15. The van der Waals surface area contributed by atoms with E-state index in [4.69, 9.17) is 9.47 Å². The standard InChI is InChI=1S/C20H28N2O5S/c1-4-13-27-18-10-8-16(14-19(18)26-2)9-11-20(23)22-12-6-5-7-17(22)15-21-28(3,24)25/h4,8-11,14,17,21H,1,5-7,12-13,15H2,2-3H3/b11-9+. The fourth-order valence-corrected chi connectivity index (χ4v) is 3.56. The van der Waals surface area contributed by atoms with E-state index in [2.05, 4.69) is 11.3 Å². The molecule has 1 amide bonds. The topological polar surface area (TPSA) is 84.9 Å². The van der Waals surface area contributed by atoms with Gasteiger partial charge in [-0.25, -0.2) is 13.1 Å². The molecule has 1 aliphatic heterocycles. The van der Waals surface area contributed by atoms with Crippen LogP contribution in [0.15, 0.2) is 36.9 Å². The van der Waals surface area contributed by atoms with Crippen LogP contribution >= 0.6 is 0 Å². The Morgan fingerprint density at radius 1 is 1.36 bits per heavy atom. The van der Waals surface area contributed by atoms with Gasteiger partial charge in [0.2, 0.25) is 15.9 Å². The van der Waals surface area contributed by atoms with Gasteiger partial charge >= 0.3 is 0 Å². The average Bonchev–Trinajstić information content (AvgIpc) is 2.68. The van der Waals surface area contributed by atoms with Crippen molar-refractivity contribution in [3.05, 3.63) is 42.5 Å². The summed E-state index contributed by atoms with van der Waals surface area (Å²) in [7, 11) is -1.73. The number of hydrogen-bond donors (Lipinski definition) is 1. The van der Waals surface area contributed by atoms with Crippen LogP contribution in [0.5, 0.6) is 11.5 Å². The number of benzene rings is 1. The summed E-state index contributed by atoms with van der Waals surface area (Å²) in [5.74, 6) is 1.05. The number of hydrogen-bond acceptors (Lipinski definition) is 5. The highest BCUT2D eigenvalue weighted by Gasteiger charge is 2.25. The highest BCUT2D eigenvalue weighted by Crippen LogP contribution is 2.28. The zero-order valence-electron chi connectivity index (χ0n) is 16.4. The number of methoxy groups -OCH3 is 1. The highest BCUT2D eigenvalue weighted by molar-refractivity contribution is 7.88. The molecule has 1 aromatic carbocycles. The first-order valence-corrected chi connectivity index (χ1v) is 11.1. The first kappa shape index (κ1) is 22.0. The Morgan fingerprint density at radius 2 is 2.14 bits per heavy atom. The Morgan fingerprint density at radius 3 is 2.82 bits per heavy atom. The SMILES string of the molecule is C=CCOc1ccc(/C=C/C(=O)N2CCCCC2CNS(C)(=O)=O)cc1OC.